The lowest BCUT2D eigenvalue weighted by molar-refractivity contribution is 0.602. The number of benzene rings is 1. The van der Waals surface area contributed by atoms with Crippen molar-refractivity contribution >= 4 is 15.5 Å². The zero-order valence-electron chi connectivity index (χ0n) is 9.47. The maximum Gasteiger partial charge on any atom is 0.210 e. The lowest BCUT2D eigenvalue weighted by Gasteiger charge is -2.23. The Morgan fingerprint density at radius 3 is 2.65 bits per heavy atom. The van der Waals surface area contributed by atoms with Crippen molar-refractivity contribution in [1.29, 1.82) is 0 Å². The molecule has 0 amide bonds. The van der Waals surface area contributed by atoms with Crippen molar-refractivity contribution in [1.82, 2.24) is 0 Å². The monoisotopic (exact) mass is 247 g/mol. The molecule has 0 fully saturated rings. The summed E-state index contributed by atoms with van der Waals surface area (Å²) < 4.78 is 24.7. The molecule has 1 N–H and O–H groups in total. The van der Waals surface area contributed by atoms with Gasteiger partial charge in [-0.2, -0.15) is 0 Å². The average Bonchev–Trinajstić information content (AvgIpc) is 2.29. The third-order valence-corrected chi connectivity index (χ3v) is 4.52. The molecule has 0 unspecified atom stereocenters. The minimum Gasteiger partial charge on any atom is -0.353 e. The quantitative estimate of drug-likeness (QED) is 0.830. The number of allylic oxidation sites excluding steroid dienone is 3. The Morgan fingerprint density at radius 2 is 2.00 bits per heavy atom. The number of hydrogen-bond donors (Lipinski definition) is 1. The normalized spacial score (nSPS) is 21.9. The number of fused-ring (bicyclic) bond motifs is 1. The Morgan fingerprint density at radius 1 is 1.29 bits per heavy atom. The third-order valence-electron chi connectivity index (χ3n) is 2.55. The number of hydrogen-bond acceptors (Lipinski definition) is 3. The molecular formula is C13H13NO2S. The topological polar surface area (TPSA) is 46.2 Å². The molecular weight excluding hydrogens is 234 g/mol. The largest absolute Gasteiger partial charge is 0.353 e. The Bertz CT molecular complexity index is 625. The van der Waals surface area contributed by atoms with E-state index in [-0.39, 0.29) is 4.91 Å². The molecule has 0 radical (unpaired) electrons. The van der Waals surface area contributed by atoms with Crippen molar-refractivity contribution in [3.8, 4) is 0 Å². The number of nitrogens with one attached hydrogen (secondary N) is 1. The summed E-state index contributed by atoms with van der Waals surface area (Å²) in [4.78, 5) is 0.602. The van der Waals surface area contributed by atoms with Crippen LogP contribution in [0.15, 0.2) is 64.6 Å². The van der Waals surface area contributed by atoms with E-state index in [9.17, 15) is 8.42 Å². The molecule has 2 rings (SSSR count). The second kappa shape index (κ2) is 4.22. The molecule has 0 aliphatic carbocycles. The highest BCUT2D eigenvalue weighted by molar-refractivity contribution is 7.95. The van der Waals surface area contributed by atoms with Crippen LogP contribution in [0.3, 0.4) is 0 Å². The van der Waals surface area contributed by atoms with Crippen molar-refractivity contribution in [3.05, 3.63) is 59.7 Å². The highest BCUT2D eigenvalue weighted by Gasteiger charge is 2.30. The standard InChI is InChI=1S/C13H13NO2S/c1-3-7-10-12(4-2)17(15,16)13-9-6-5-8-11(13)14-10/h3-9,14H,1H2,2H3/b10-7+,12-4+. The van der Waals surface area contributed by atoms with Crippen LogP contribution in [0.5, 0.6) is 0 Å². The van der Waals surface area contributed by atoms with Gasteiger partial charge in [0, 0.05) is 0 Å². The lowest BCUT2D eigenvalue weighted by atomic mass is 10.2. The molecule has 1 aliphatic rings. The van der Waals surface area contributed by atoms with Gasteiger partial charge in [-0.3, -0.25) is 0 Å². The third kappa shape index (κ3) is 1.80. The predicted octanol–water partition coefficient (Wildman–Crippen LogP) is 2.86. The molecule has 1 aromatic rings. The number of rotatable bonds is 1. The van der Waals surface area contributed by atoms with E-state index in [2.05, 4.69) is 11.9 Å². The molecule has 1 heterocycles. The second-order valence-electron chi connectivity index (χ2n) is 3.59. The SMILES string of the molecule is C=C/C=C1/Nc2ccccc2S(=O)(=O)/C1=C/C. The maximum atomic E-state index is 12.3. The van der Waals surface area contributed by atoms with Gasteiger partial charge >= 0.3 is 0 Å². The van der Waals surface area contributed by atoms with Crippen LogP contribution in [0.25, 0.3) is 0 Å². The first-order valence-electron chi connectivity index (χ1n) is 5.22. The minimum absolute atomic E-state index is 0.288. The average molecular weight is 247 g/mol. The zero-order chi connectivity index (χ0) is 12.5. The van der Waals surface area contributed by atoms with Crippen LogP contribution in [0.4, 0.5) is 5.69 Å². The van der Waals surface area contributed by atoms with E-state index < -0.39 is 9.84 Å². The molecule has 1 aromatic carbocycles. The van der Waals surface area contributed by atoms with Crippen molar-refractivity contribution in [2.24, 2.45) is 0 Å². The molecule has 0 saturated carbocycles. The fourth-order valence-corrected chi connectivity index (χ4v) is 3.45. The highest BCUT2D eigenvalue weighted by atomic mass is 32.2. The number of anilines is 1. The van der Waals surface area contributed by atoms with Gasteiger partial charge in [-0.1, -0.05) is 30.9 Å². The van der Waals surface area contributed by atoms with Gasteiger partial charge in [0.2, 0.25) is 9.84 Å². The Labute approximate surface area is 101 Å². The molecule has 0 aromatic heterocycles. The van der Waals surface area contributed by atoms with Crippen LogP contribution in [0.2, 0.25) is 0 Å². The summed E-state index contributed by atoms with van der Waals surface area (Å²) in [5.41, 5.74) is 1.16. The first kappa shape index (κ1) is 11.7. The molecule has 4 heteroatoms. The summed E-state index contributed by atoms with van der Waals surface area (Å²) in [5, 5.41) is 3.10. The molecule has 3 nitrogen and oxygen atoms in total. The van der Waals surface area contributed by atoms with E-state index >= 15 is 0 Å². The molecule has 1 aliphatic heterocycles. The summed E-state index contributed by atoms with van der Waals surface area (Å²) >= 11 is 0. The fourth-order valence-electron chi connectivity index (χ4n) is 1.83. The van der Waals surface area contributed by atoms with E-state index in [1.54, 1.807) is 49.4 Å². The van der Waals surface area contributed by atoms with Crippen LogP contribution < -0.4 is 5.32 Å². The Balaban J connectivity index is 2.75. The summed E-state index contributed by atoms with van der Waals surface area (Å²) in [5.74, 6) is 0. The maximum absolute atomic E-state index is 12.3. The van der Waals surface area contributed by atoms with Crippen LogP contribution in [-0.2, 0) is 9.84 Å². The Kier molecular flexibility index (Phi) is 2.90. The lowest BCUT2D eigenvalue weighted by Crippen LogP contribution is -2.19. The van der Waals surface area contributed by atoms with Gasteiger partial charge in [0.25, 0.3) is 0 Å². The van der Waals surface area contributed by atoms with Crippen LogP contribution in [0.1, 0.15) is 6.92 Å². The minimum atomic E-state index is -3.42. The first-order chi connectivity index (χ1) is 8.11. The fraction of sp³-hybridized carbons (Fsp3) is 0.0769. The van der Waals surface area contributed by atoms with Crippen molar-refractivity contribution in [2.45, 2.75) is 11.8 Å². The van der Waals surface area contributed by atoms with Crippen LogP contribution >= 0.6 is 0 Å². The van der Waals surface area contributed by atoms with Gasteiger partial charge in [0.1, 0.15) is 0 Å². The summed E-state index contributed by atoms with van der Waals surface area (Å²) in [6.07, 6.45) is 4.81. The van der Waals surface area contributed by atoms with Crippen molar-refractivity contribution < 1.29 is 8.42 Å². The van der Waals surface area contributed by atoms with Crippen molar-refractivity contribution in [3.63, 3.8) is 0 Å². The van der Waals surface area contributed by atoms with Crippen molar-refractivity contribution in [2.75, 3.05) is 5.32 Å². The molecule has 0 spiro atoms. The van der Waals surface area contributed by atoms with E-state index in [4.69, 9.17) is 0 Å². The molecule has 0 saturated heterocycles. The molecule has 88 valence electrons. The predicted molar refractivity (Wildman–Crippen MR) is 69.3 cm³/mol. The summed E-state index contributed by atoms with van der Waals surface area (Å²) in [7, 11) is -3.42. The summed E-state index contributed by atoms with van der Waals surface area (Å²) in [6, 6.07) is 6.86. The highest BCUT2D eigenvalue weighted by Crippen LogP contribution is 2.36. The molecule has 17 heavy (non-hydrogen) atoms. The number of sulfone groups is 1. The summed E-state index contributed by atoms with van der Waals surface area (Å²) in [6.45, 7) is 5.30. The van der Waals surface area contributed by atoms with Gasteiger partial charge < -0.3 is 5.32 Å². The van der Waals surface area contributed by atoms with Crippen LogP contribution in [0, 0.1) is 0 Å². The van der Waals surface area contributed by atoms with Gasteiger partial charge in [-0.25, -0.2) is 8.42 Å². The zero-order valence-corrected chi connectivity index (χ0v) is 10.3. The van der Waals surface area contributed by atoms with Gasteiger partial charge in [0.15, 0.2) is 0 Å². The smallest absolute Gasteiger partial charge is 0.210 e. The van der Waals surface area contributed by atoms with Gasteiger partial charge in [-0.05, 0) is 25.1 Å². The molecule has 0 bridgehead atoms. The van der Waals surface area contributed by atoms with Gasteiger partial charge in [-0.15, -0.1) is 0 Å². The number of para-hydroxylation sites is 1. The van der Waals surface area contributed by atoms with E-state index in [0.717, 1.165) is 0 Å². The van der Waals surface area contributed by atoms with Crippen LogP contribution in [-0.4, -0.2) is 8.42 Å². The molecule has 0 atom stereocenters. The van der Waals surface area contributed by atoms with Gasteiger partial charge in [0.05, 0.1) is 21.2 Å². The second-order valence-corrected chi connectivity index (χ2v) is 5.48. The Hall–Kier alpha value is -1.81. The van der Waals surface area contributed by atoms with E-state index in [1.807, 2.05) is 0 Å². The van der Waals surface area contributed by atoms with E-state index in [1.165, 1.54) is 0 Å². The first-order valence-corrected chi connectivity index (χ1v) is 6.70. The van der Waals surface area contributed by atoms with E-state index in [0.29, 0.717) is 16.3 Å².